The van der Waals surface area contributed by atoms with E-state index in [1.807, 2.05) is 30.3 Å². The number of nitrogens with one attached hydrogen (secondary N) is 1. The molecule has 0 radical (unpaired) electrons. The molecule has 1 aliphatic heterocycles. The minimum Gasteiger partial charge on any atom is -0.496 e. The fourth-order valence-electron chi connectivity index (χ4n) is 3.74. The van der Waals surface area contributed by atoms with Gasteiger partial charge in [-0.25, -0.2) is 8.42 Å². The van der Waals surface area contributed by atoms with Crippen LogP contribution in [-0.2, 0) is 21.4 Å². The number of hydrogen-bond acceptors (Lipinski definition) is 6. The second kappa shape index (κ2) is 11.2. The molecule has 2 aromatic rings. The summed E-state index contributed by atoms with van der Waals surface area (Å²) < 4.78 is 42.7. The summed E-state index contributed by atoms with van der Waals surface area (Å²) in [6, 6.07) is 12.8. The van der Waals surface area contributed by atoms with Gasteiger partial charge in [0.25, 0.3) is 0 Å². The Morgan fingerprint density at radius 1 is 1.00 bits per heavy atom. The van der Waals surface area contributed by atoms with Gasteiger partial charge in [0.15, 0.2) is 11.5 Å². The molecule has 1 heterocycles. The second-order valence-electron chi connectivity index (χ2n) is 7.67. The maximum atomic E-state index is 12.7. The van der Waals surface area contributed by atoms with E-state index in [0.717, 1.165) is 11.1 Å². The maximum absolute atomic E-state index is 12.7. The van der Waals surface area contributed by atoms with Crippen molar-refractivity contribution in [1.29, 1.82) is 0 Å². The first kappa shape index (κ1) is 24.6. The van der Waals surface area contributed by atoms with E-state index < -0.39 is 10.0 Å². The topological polar surface area (TPSA) is 94.2 Å². The van der Waals surface area contributed by atoms with E-state index in [9.17, 15) is 13.2 Å². The van der Waals surface area contributed by atoms with Gasteiger partial charge in [-0.3, -0.25) is 4.79 Å². The van der Waals surface area contributed by atoms with E-state index in [-0.39, 0.29) is 18.4 Å². The molecule has 0 aliphatic carbocycles. The Morgan fingerprint density at radius 3 is 2.21 bits per heavy atom. The average molecular weight is 475 g/mol. The van der Waals surface area contributed by atoms with Gasteiger partial charge in [0.1, 0.15) is 5.75 Å². The minimum atomic E-state index is -3.53. The third kappa shape index (κ3) is 6.27. The highest BCUT2D eigenvalue weighted by Crippen LogP contribution is 2.34. The van der Waals surface area contributed by atoms with Crippen LogP contribution in [0.2, 0.25) is 0 Å². The van der Waals surface area contributed by atoms with Gasteiger partial charge in [-0.05, 0) is 30.5 Å². The zero-order chi connectivity index (χ0) is 23.8. The van der Waals surface area contributed by atoms with E-state index in [1.54, 1.807) is 39.5 Å². The molecule has 0 unspecified atom stereocenters. The highest BCUT2D eigenvalue weighted by Gasteiger charge is 2.30. The van der Waals surface area contributed by atoms with Crippen molar-refractivity contribution in [3.63, 3.8) is 0 Å². The summed E-state index contributed by atoms with van der Waals surface area (Å²) in [5, 5.41) is 4.16. The minimum absolute atomic E-state index is 0.108. The lowest BCUT2D eigenvalue weighted by molar-refractivity contribution is -0.126. The molecule has 1 aliphatic rings. The summed E-state index contributed by atoms with van der Waals surface area (Å²) >= 11 is 0. The SMILES string of the molecule is COc1cc(OC)c(OC)cc1CNC(=O)C1CCN(S(=O)(=O)/C=C/c2ccccc2)CC1. The molecule has 0 saturated carbocycles. The molecule has 0 aromatic heterocycles. The fourth-order valence-corrected chi connectivity index (χ4v) is 4.97. The molecular formula is C24H30N2O6S. The molecule has 33 heavy (non-hydrogen) atoms. The van der Waals surface area contributed by atoms with E-state index in [1.165, 1.54) is 9.71 Å². The Balaban J connectivity index is 1.56. The number of hydrogen-bond donors (Lipinski definition) is 1. The van der Waals surface area contributed by atoms with Gasteiger partial charge in [-0.2, -0.15) is 4.31 Å². The first-order chi connectivity index (χ1) is 15.9. The molecule has 0 spiro atoms. The van der Waals surface area contributed by atoms with Crippen molar-refractivity contribution in [2.45, 2.75) is 19.4 Å². The number of ether oxygens (including phenoxy) is 3. The van der Waals surface area contributed by atoms with Crippen LogP contribution >= 0.6 is 0 Å². The molecule has 3 rings (SSSR count). The van der Waals surface area contributed by atoms with Crippen LogP contribution in [0.15, 0.2) is 47.9 Å². The number of rotatable bonds is 9. The first-order valence-corrected chi connectivity index (χ1v) is 12.2. The predicted octanol–water partition coefficient (Wildman–Crippen LogP) is 3.04. The molecule has 9 heteroatoms. The van der Waals surface area contributed by atoms with E-state index in [2.05, 4.69) is 5.32 Å². The van der Waals surface area contributed by atoms with Gasteiger partial charge >= 0.3 is 0 Å². The monoisotopic (exact) mass is 474 g/mol. The lowest BCUT2D eigenvalue weighted by Gasteiger charge is -2.29. The predicted molar refractivity (Wildman–Crippen MR) is 127 cm³/mol. The zero-order valence-electron chi connectivity index (χ0n) is 19.1. The Bertz CT molecular complexity index is 1080. The summed E-state index contributed by atoms with van der Waals surface area (Å²) in [5.74, 6) is 1.31. The summed E-state index contributed by atoms with van der Waals surface area (Å²) in [6.07, 6.45) is 2.52. The number of piperidine rings is 1. The van der Waals surface area contributed by atoms with Crippen LogP contribution < -0.4 is 19.5 Å². The molecule has 2 aromatic carbocycles. The smallest absolute Gasteiger partial charge is 0.236 e. The van der Waals surface area contributed by atoms with E-state index in [0.29, 0.717) is 43.2 Å². The van der Waals surface area contributed by atoms with Gasteiger partial charge in [0, 0.05) is 42.6 Å². The van der Waals surface area contributed by atoms with Crippen LogP contribution in [0.5, 0.6) is 17.2 Å². The number of benzene rings is 2. The molecule has 1 N–H and O–H groups in total. The van der Waals surface area contributed by atoms with Gasteiger partial charge in [-0.15, -0.1) is 0 Å². The van der Waals surface area contributed by atoms with Crippen molar-refractivity contribution in [1.82, 2.24) is 9.62 Å². The molecule has 178 valence electrons. The van der Waals surface area contributed by atoms with Gasteiger partial charge in [0.2, 0.25) is 15.9 Å². The molecule has 1 saturated heterocycles. The highest BCUT2D eigenvalue weighted by molar-refractivity contribution is 7.92. The third-order valence-corrected chi connectivity index (χ3v) is 7.22. The quantitative estimate of drug-likeness (QED) is 0.600. The number of carbonyl (C=O) groups is 1. The van der Waals surface area contributed by atoms with Crippen LogP contribution in [0, 0.1) is 5.92 Å². The Labute approximate surface area is 195 Å². The highest BCUT2D eigenvalue weighted by atomic mass is 32.2. The summed E-state index contributed by atoms with van der Waals surface area (Å²) in [6.45, 7) is 0.874. The molecular weight excluding hydrogens is 444 g/mol. The maximum Gasteiger partial charge on any atom is 0.236 e. The fraction of sp³-hybridized carbons (Fsp3) is 0.375. The first-order valence-electron chi connectivity index (χ1n) is 10.7. The van der Waals surface area contributed by atoms with Crippen LogP contribution in [0.25, 0.3) is 6.08 Å². The average Bonchev–Trinajstić information content (AvgIpc) is 2.86. The van der Waals surface area contributed by atoms with Crippen molar-refractivity contribution >= 4 is 22.0 Å². The Morgan fingerprint density at radius 2 is 1.61 bits per heavy atom. The third-order valence-electron chi connectivity index (χ3n) is 5.66. The molecule has 0 bridgehead atoms. The lowest BCUT2D eigenvalue weighted by atomic mass is 9.97. The number of amides is 1. The molecule has 0 atom stereocenters. The Hall–Kier alpha value is -3.04. The largest absolute Gasteiger partial charge is 0.496 e. The van der Waals surface area contributed by atoms with Crippen LogP contribution in [-0.4, -0.2) is 53.0 Å². The summed E-state index contributed by atoms with van der Waals surface area (Å²) in [4.78, 5) is 12.7. The van der Waals surface area contributed by atoms with Crippen molar-refractivity contribution in [3.8, 4) is 17.2 Å². The molecule has 1 fully saturated rings. The van der Waals surface area contributed by atoms with Crippen molar-refractivity contribution in [2.24, 2.45) is 5.92 Å². The molecule has 8 nitrogen and oxygen atoms in total. The normalized spacial score (nSPS) is 15.4. The number of sulfonamides is 1. The van der Waals surface area contributed by atoms with Gasteiger partial charge in [0.05, 0.1) is 21.3 Å². The van der Waals surface area contributed by atoms with Crippen LogP contribution in [0.3, 0.4) is 0 Å². The van der Waals surface area contributed by atoms with Gasteiger partial charge < -0.3 is 19.5 Å². The summed E-state index contributed by atoms with van der Waals surface area (Å²) in [7, 11) is 1.11. The van der Waals surface area contributed by atoms with E-state index in [4.69, 9.17) is 14.2 Å². The van der Waals surface area contributed by atoms with Gasteiger partial charge in [-0.1, -0.05) is 30.3 Å². The molecule has 1 amide bonds. The second-order valence-corrected chi connectivity index (χ2v) is 9.49. The number of methoxy groups -OCH3 is 3. The van der Waals surface area contributed by atoms with Crippen molar-refractivity contribution in [3.05, 3.63) is 59.0 Å². The van der Waals surface area contributed by atoms with Crippen molar-refractivity contribution in [2.75, 3.05) is 34.4 Å². The van der Waals surface area contributed by atoms with Crippen molar-refractivity contribution < 1.29 is 27.4 Å². The number of carbonyl (C=O) groups excluding carboxylic acids is 1. The summed E-state index contributed by atoms with van der Waals surface area (Å²) in [5.41, 5.74) is 1.58. The number of nitrogens with zero attached hydrogens (tertiary/aromatic N) is 1. The standard InChI is InChI=1S/C24H30N2O6S/c1-30-21-16-23(32-3)22(31-2)15-20(21)17-25-24(27)19-9-12-26(13-10-19)33(28,29)14-11-18-7-5-4-6-8-18/h4-8,11,14-16,19H,9-10,12-13,17H2,1-3H3,(H,25,27)/b14-11+. The lowest BCUT2D eigenvalue weighted by Crippen LogP contribution is -2.42. The zero-order valence-corrected chi connectivity index (χ0v) is 19.9. The van der Waals surface area contributed by atoms with E-state index >= 15 is 0 Å². The van der Waals surface area contributed by atoms with Crippen LogP contribution in [0.4, 0.5) is 0 Å². The Kier molecular flexibility index (Phi) is 8.35. The van der Waals surface area contributed by atoms with Crippen LogP contribution in [0.1, 0.15) is 24.0 Å².